The molecule has 3 rings (SSSR count). The van der Waals surface area contributed by atoms with Crippen molar-refractivity contribution in [2.75, 3.05) is 24.4 Å². The zero-order valence-electron chi connectivity index (χ0n) is 17.5. The fraction of sp³-hybridized carbons (Fsp3) is 0.300. The molecule has 4 N–H and O–H groups in total. The zero-order valence-corrected chi connectivity index (χ0v) is 18.2. The average molecular weight is 464 g/mol. The summed E-state index contributed by atoms with van der Waals surface area (Å²) in [7, 11) is 1.39. The number of rotatable bonds is 10. The maximum absolute atomic E-state index is 14.4. The second kappa shape index (κ2) is 10.7. The number of carbonyl (C=O) groups excluding carboxylic acids is 1. The number of hydrogen-bond donors (Lipinski definition) is 4. The first-order valence-electron chi connectivity index (χ1n) is 9.67. The third-order valence-corrected chi connectivity index (χ3v) is 4.70. The number of anilines is 3. The van der Waals surface area contributed by atoms with Crippen LogP contribution in [0, 0.1) is 5.82 Å². The molecule has 10 nitrogen and oxygen atoms in total. The number of amides is 1. The van der Waals surface area contributed by atoms with E-state index in [1.807, 2.05) is 0 Å². The van der Waals surface area contributed by atoms with Crippen molar-refractivity contribution in [3.8, 4) is 5.75 Å². The Labute approximate surface area is 188 Å². The fourth-order valence-electron chi connectivity index (χ4n) is 2.75. The van der Waals surface area contributed by atoms with E-state index in [1.54, 1.807) is 25.3 Å². The van der Waals surface area contributed by atoms with Crippen LogP contribution in [0.4, 0.5) is 21.8 Å². The van der Waals surface area contributed by atoms with Crippen molar-refractivity contribution < 1.29 is 19.0 Å². The lowest BCUT2D eigenvalue weighted by Crippen LogP contribution is -2.37. The maximum Gasteiger partial charge on any atom is 0.242 e. The van der Waals surface area contributed by atoms with Crippen LogP contribution in [0.25, 0.3) is 0 Å². The molecule has 0 bridgehead atoms. The molecular formula is C20H23ClFN7O3. The van der Waals surface area contributed by atoms with Crippen LogP contribution >= 0.6 is 11.6 Å². The molecule has 0 spiro atoms. The number of aliphatic hydroxyl groups excluding tert-OH is 1. The summed E-state index contributed by atoms with van der Waals surface area (Å²) in [4.78, 5) is 20.4. The number of nitrogens with one attached hydrogen (secondary N) is 3. The van der Waals surface area contributed by atoms with Crippen LogP contribution in [-0.4, -0.2) is 50.5 Å². The molecule has 32 heavy (non-hydrogen) atoms. The van der Waals surface area contributed by atoms with Gasteiger partial charge in [-0.05, 0) is 25.1 Å². The number of carbonyl (C=O) groups is 1. The maximum atomic E-state index is 14.4. The van der Waals surface area contributed by atoms with Gasteiger partial charge in [-0.15, -0.1) is 0 Å². The third kappa shape index (κ3) is 6.05. The predicted octanol–water partition coefficient (Wildman–Crippen LogP) is 2.33. The number of benzene rings is 1. The Balaban J connectivity index is 1.62. The predicted molar refractivity (Wildman–Crippen MR) is 118 cm³/mol. The van der Waals surface area contributed by atoms with Crippen molar-refractivity contribution in [1.29, 1.82) is 0 Å². The highest BCUT2D eigenvalue weighted by Gasteiger charge is 2.13. The van der Waals surface area contributed by atoms with Crippen molar-refractivity contribution in [1.82, 2.24) is 25.1 Å². The molecule has 0 saturated heterocycles. The summed E-state index contributed by atoms with van der Waals surface area (Å²) in [5.74, 6) is 0.0280. The van der Waals surface area contributed by atoms with Gasteiger partial charge < -0.3 is 25.8 Å². The van der Waals surface area contributed by atoms with E-state index in [9.17, 15) is 9.18 Å². The Morgan fingerprint density at radius 3 is 2.94 bits per heavy atom. The van der Waals surface area contributed by atoms with Gasteiger partial charge in [-0.3, -0.25) is 9.48 Å². The number of ether oxygens (including phenoxy) is 1. The Morgan fingerprint density at radius 2 is 2.19 bits per heavy atom. The molecule has 0 fully saturated rings. The Morgan fingerprint density at radius 1 is 1.38 bits per heavy atom. The second-order valence-corrected chi connectivity index (χ2v) is 7.27. The highest BCUT2D eigenvalue weighted by Crippen LogP contribution is 2.27. The first-order valence-corrected chi connectivity index (χ1v) is 10.0. The molecule has 0 aliphatic heterocycles. The molecule has 2 aromatic heterocycles. The molecule has 1 amide bonds. The van der Waals surface area contributed by atoms with Crippen LogP contribution < -0.4 is 20.7 Å². The van der Waals surface area contributed by atoms with E-state index in [4.69, 9.17) is 21.4 Å². The van der Waals surface area contributed by atoms with E-state index in [0.29, 0.717) is 11.5 Å². The molecule has 0 unspecified atom stereocenters. The summed E-state index contributed by atoms with van der Waals surface area (Å²) in [5.41, 5.74) is 0.834. The van der Waals surface area contributed by atoms with Crippen molar-refractivity contribution in [3.05, 3.63) is 53.2 Å². The number of nitrogens with zero attached hydrogens (tertiary/aromatic N) is 4. The van der Waals surface area contributed by atoms with E-state index < -0.39 is 5.82 Å². The fourth-order valence-corrected chi connectivity index (χ4v) is 2.96. The quantitative estimate of drug-likeness (QED) is 0.361. The number of halogens is 2. The van der Waals surface area contributed by atoms with Gasteiger partial charge >= 0.3 is 0 Å². The van der Waals surface area contributed by atoms with E-state index in [1.165, 1.54) is 30.3 Å². The number of methoxy groups -OCH3 is 1. The normalized spacial score (nSPS) is 11.7. The smallest absolute Gasteiger partial charge is 0.242 e. The van der Waals surface area contributed by atoms with Gasteiger partial charge in [0.1, 0.15) is 12.4 Å². The lowest BCUT2D eigenvalue weighted by Gasteiger charge is -2.11. The second-order valence-electron chi connectivity index (χ2n) is 6.86. The van der Waals surface area contributed by atoms with E-state index in [0.717, 1.165) is 0 Å². The van der Waals surface area contributed by atoms with Gasteiger partial charge in [-0.1, -0.05) is 11.6 Å². The molecule has 0 saturated carbocycles. The van der Waals surface area contributed by atoms with Crippen LogP contribution in [0.15, 0.2) is 36.8 Å². The summed E-state index contributed by atoms with van der Waals surface area (Å²) < 4.78 is 20.9. The molecule has 1 atom stereocenters. The monoisotopic (exact) mass is 463 g/mol. The minimum atomic E-state index is -0.537. The third-order valence-electron chi connectivity index (χ3n) is 4.35. The number of hydrogen-bond acceptors (Lipinski definition) is 8. The first kappa shape index (κ1) is 23.2. The summed E-state index contributed by atoms with van der Waals surface area (Å²) in [6.07, 6.45) is 4.69. The van der Waals surface area contributed by atoms with Gasteiger partial charge in [0, 0.05) is 35.6 Å². The SMILES string of the molecule is COc1ccc(Cl)c(CNc2ccnc(Nc3cnn(CC(=O)N[C@@H](C)CO)c3)n2)c1F. The largest absolute Gasteiger partial charge is 0.494 e. The minimum Gasteiger partial charge on any atom is -0.494 e. The highest BCUT2D eigenvalue weighted by molar-refractivity contribution is 6.31. The van der Waals surface area contributed by atoms with Crippen LogP contribution in [0.3, 0.4) is 0 Å². The average Bonchev–Trinajstić information content (AvgIpc) is 3.20. The molecule has 0 radical (unpaired) electrons. The summed E-state index contributed by atoms with van der Waals surface area (Å²) >= 11 is 6.11. The molecule has 1 aromatic carbocycles. The van der Waals surface area contributed by atoms with E-state index >= 15 is 0 Å². The standard InChI is InChI=1S/C20H23ClFN7O3/c1-12(11-30)26-18(31)10-29-9-13(7-25-29)27-20-23-6-5-17(28-20)24-8-14-15(21)3-4-16(32-2)19(14)22/h3-7,9,12,30H,8,10-11H2,1-2H3,(H,26,31)(H2,23,24,27,28)/t12-/m0/s1. The summed E-state index contributed by atoms with van der Waals surface area (Å²) in [6, 6.07) is 4.33. The zero-order chi connectivity index (χ0) is 23.1. The molecule has 2 heterocycles. The van der Waals surface area contributed by atoms with Crippen LogP contribution in [0.2, 0.25) is 5.02 Å². The Hall–Kier alpha value is -3.44. The molecule has 12 heteroatoms. The van der Waals surface area contributed by atoms with Crippen LogP contribution in [-0.2, 0) is 17.9 Å². The summed E-state index contributed by atoms with van der Waals surface area (Å²) in [5, 5.41) is 22.0. The first-order chi connectivity index (χ1) is 15.4. The van der Waals surface area contributed by atoms with Gasteiger partial charge in [0.05, 0.1) is 25.6 Å². The van der Waals surface area contributed by atoms with Gasteiger partial charge in [-0.25, -0.2) is 9.37 Å². The molecular weight excluding hydrogens is 441 g/mol. The Bertz CT molecular complexity index is 1080. The van der Waals surface area contributed by atoms with Crippen LogP contribution in [0.5, 0.6) is 5.75 Å². The Kier molecular flexibility index (Phi) is 7.79. The lowest BCUT2D eigenvalue weighted by molar-refractivity contribution is -0.122. The molecule has 3 aromatic rings. The van der Waals surface area contributed by atoms with Gasteiger partial charge in [0.25, 0.3) is 0 Å². The summed E-state index contributed by atoms with van der Waals surface area (Å²) in [6.45, 7) is 1.65. The van der Waals surface area contributed by atoms with Crippen LogP contribution in [0.1, 0.15) is 12.5 Å². The van der Waals surface area contributed by atoms with Crippen molar-refractivity contribution in [2.24, 2.45) is 0 Å². The highest BCUT2D eigenvalue weighted by atomic mass is 35.5. The van der Waals surface area contributed by atoms with Gasteiger partial charge in [-0.2, -0.15) is 10.1 Å². The van der Waals surface area contributed by atoms with E-state index in [2.05, 4.69) is 31.0 Å². The molecule has 0 aliphatic carbocycles. The molecule has 170 valence electrons. The molecule has 0 aliphatic rings. The van der Waals surface area contributed by atoms with Gasteiger partial charge in [0.2, 0.25) is 11.9 Å². The van der Waals surface area contributed by atoms with Crippen molar-refractivity contribution >= 4 is 35.0 Å². The van der Waals surface area contributed by atoms with E-state index in [-0.39, 0.29) is 53.9 Å². The van der Waals surface area contributed by atoms with Crippen molar-refractivity contribution in [3.63, 3.8) is 0 Å². The number of aromatic nitrogens is 4. The minimum absolute atomic E-state index is 0.00132. The lowest BCUT2D eigenvalue weighted by atomic mass is 10.2. The van der Waals surface area contributed by atoms with Gasteiger partial charge in [0.15, 0.2) is 11.6 Å². The van der Waals surface area contributed by atoms with Crippen molar-refractivity contribution in [2.45, 2.75) is 26.1 Å². The topological polar surface area (TPSA) is 126 Å². The number of aliphatic hydroxyl groups is 1.